The van der Waals surface area contributed by atoms with E-state index in [-0.39, 0.29) is 42.2 Å². The molecule has 1 amide bonds. The maximum atomic E-state index is 13.5. The lowest BCUT2D eigenvalue weighted by Gasteiger charge is -2.37. The Morgan fingerprint density at radius 1 is 1.33 bits per heavy atom. The summed E-state index contributed by atoms with van der Waals surface area (Å²) in [7, 11) is -2.20. The molecule has 178 valence electrons. The number of amides is 1. The van der Waals surface area contributed by atoms with Gasteiger partial charge in [0.1, 0.15) is 16.7 Å². The molecule has 3 rings (SSSR count). The highest BCUT2D eigenvalue weighted by Gasteiger charge is 2.38. The van der Waals surface area contributed by atoms with Gasteiger partial charge < -0.3 is 14.7 Å². The number of rotatable bonds is 6. The highest BCUT2D eigenvalue weighted by molar-refractivity contribution is 7.89. The van der Waals surface area contributed by atoms with Gasteiger partial charge in [0.05, 0.1) is 13.2 Å². The topological polar surface area (TPSA) is 100 Å². The molecule has 2 aromatic rings. The van der Waals surface area contributed by atoms with Gasteiger partial charge in [0.2, 0.25) is 10.0 Å². The molecule has 9 heteroatoms. The summed E-state index contributed by atoms with van der Waals surface area (Å²) in [4.78, 5) is 18.5. The molecule has 0 radical (unpaired) electrons. The molecule has 0 aliphatic carbocycles. The standard InChI is InChI=1S/C24H31N3O5S/c1-5-6-19-7-8-23-21(13-19)32-22(15-26(4)24(29)20-9-11-25-12-10-20)17(2)14-27(18(3)16-28)33(23,30)31/h5-13,17-18,22,28H,14-16H2,1-4H3/b6-5+/t17-,18+,22+/m0/s1. The molecule has 0 unspecified atom stereocenters. The number of aliphatic hydroxyl groups is 1. The lowest BCUT2D eigenvalue weighted by atomic mass is 10.0. The highest BCUT2D eigenvalue weighted by atomic mass is 32.2. The molecular weight excluding hydrogens is 442 g/mol. The number of aliphatic hydroxyl groups excluding tert-OH is 1. The molecule has 8 nitrogen and oxygen atoms in total. The first kappa shape index (κ1) is 24.9. The number of hydrogen-bond donors (Lipinski definition) is 1. The Bertz CT molecular complexity index is 1100. The van der Waals surface area contributed by atoms with Crippen LogP contribution in [0.3, 0.4) is 0 Å². The number of likely N-dealkylation sites (N-methyl/N-ethyl adjacent to an activating group) is 1. The first-order valence-electron chi connectivity index (χ1n) is 10.9. The number of allylic oxidation sites excluding steroid dienone is 1. The zero-order chi connectivity index (χ0) is 24.2. The number of benzene rings is 1. The van der Waals surface area contributed by atoms with E-state index in [0.717, 1.165) is 5.56 Å². The van der Waals surface area contributed by atoms with Gasteiger partial charge in [0.15, 0.2) is 0 Å². The predicted octanol–water partition coefficient (Wildman–Crippen LogP) is 2.66. The number of nitrogens with zero attached hydrogens (tertiary/aromatic N) is 3. The van der Waals surface area contributed by atoms with Gasteiger partial charge >= 0.3 is 0 Å². The zero-order valence-electron chi connectivity index (χ0n) is 19.4. The Hall–Kier alpha value is -2.75. The second-order valence-electron chi connectivity index (χ2n) is 8.37. The van der Waals surface area contributed by atoms with Crippen LogP contribution >= 0.6 is 0 Å². The van der Waals surface area contributed by atoms with E-state index in [9.17, 15) is 18.3 Å². The van der Waals surface area contributed by atoms with E-state index in [2.05, 4.69) is 4.98 Å². The van der Waals surface area contributed by atoms with Crippen molar-refractivity contribution in [2.75, 3.05) is 26.7 Å². The molecule has 0 saturated heterocycles. The van der Waals surface area contributed by atoms with Gasteiger partial charge in [-0.3, -0.25) is 9.78 Å². The average Bonchev–Trinajstić information content (AvgIpc) is 2.81. The normalized spacial score (nSPS) is 21.5. The second-order valence-corrected chi connectivity index (χ2v) is 10.2. The molecule has 2 heterocycles. The molecule has 1 N–H and O–H groups in total. The summed E-state index contributed by atoms with van der Waals surface area (Å²) in [5, 5.41) is 9.74. The van der Waals surface area contributed by atoms with E-state index in [0.29, 0.717) is 5.56 Å². The molecule has 1 aromatic heterocycles. The van der Waals surface area contributed by atoms with Crippen LogP contribution in [-0.4, -0.2) is 72.5 Å². The monoisotopic (exact) mass is 473 g/mol. The molecule has 0 fully saturated rings. The van der Waals surface area contributed by atoms with Gasteiger partial charge in [-0.1, -0.05) is 25.1 Å². The molecule has 1 aliphatic heterocycles. The van der Waals surface area contributed by atoms with E-state index in [1.165, 1.54) is 10.4 Å². The van der Waals surface area contributed by atoms with Gasteiger partial charge in [-0.05, 0) is 43.7 Å². The number of aromatic nitrogens is 1. The third-order valence-corrected chi connectivity index (χ3v) is 7.80. The van der Waals surface area contributed by atoms with Crippen LogP contribution < -0.4 is 4.74 Å². The quantitative estimate of drug-likeness (QED) is 0.692. The largest absolute Gasteiger partial charge is 0.487 e. The van der Waals surface area contributed by atoms with Crippen LogP contribution in [-0.2, 0) is 10.0 Å². The van der Waals surface area contributed by atoms with E-state index < -0.39 is 22.2 Å². The van der Waals surface area contributed by atoms with Crippen LogP contribution in [0.25, 0.3) is 6.08 Å². The molecule has 3 atom stereocenters. The number of hydrogen-bond acceptors (Lipinski definition) is 6. The average molecular weight is 474 g/mol. The fourth-order valence-corrected chi connectivity index (χ4v) is 5.65. The molecule has 0 spiro atoms. The third-order valence-electron chi connectivity index (χ3n) is 5.78. The van der Waals surface area contributed by atoms with Gasteiger partial charge in [-0.25, -0.2) is 8.42 Å². The minimum atomic E-state index is -3.89. The highest BCUT2D eigenvalue weighted by Crippen LogP contribution is 2.34. The molecule has 1 aromatic carbocycles. The van der Waals surface area contributed by atoms with E-state index >= 15 is 0 Å². The van der Waals surface area contributed by atoms with E-state index in [1.54, 1.807) is 55.5 Å². The summed E-state index contributed by atoms with van der Waals surface area (Å²) in [5.74, 6) is -0.187. The van der Waals surface area contributed by atoms with Crippen LogP contribution in [0, 0.1) is 5.92 Å². The lowest BCUT2D eigenvalue weighted by Crippen LogP contribution is -2.50. The van der Waals surface area contributed by atoms with Gasteiger partial charge in [0.25, 0.3) is 5.91 Å². The maximum absolute atomic E-state index is 13.5. The first-order valence-corrected chi connectivity index (χ1v) is 12.3. The Balaban J connectivity index is 2.01. The Kier molecular flexibility index (Phi) is 7.88. The predicted molar refractivity (Wildman–Crippen MR) is 126 cm³/mol. The third kappa shape index (κ3) is 5.43. The first-order chi connectivity index (χ1) is 15.7. The van der Waals surface area contributed by atoms with Crippen LogP contribution in [0.4, 0.5) is 0 Å². The molecule has 33 heavy (non-hydrogen) atoms. The minimum absolute atomic E-state index is 0.0519. The maximum Gasteiger partial charge on any atom is 0.253 e. The number of pyridine rings is 1. The fourth-order valence-electron chi connectivity index (χ4n) is 3.82. The van der Waals surface area contributed by atoms with Gasteiger partial charge in [0, 0.05) is 43.5 Å². The lowest BCUT2D eigenvalue weighted by molar-refractivity contribution is 0.0563. The Morgan fingerprint density at radius 2 is 2.03 bits per heavy atom. The number of fused-ring (bicyclic) bond motifs is 1. The molecule has 0 bridgehead atoms. The molecule has 1 aliphatic rings. The van der Waals surface area contributed by atoms with E-state index in [4.69, 9.17) is 4.74 Å². The van der Waals surface area contributed by atoms with Crippen molar-refractivity contribution in [3.05, 3.63) is 59.9 Å². The van der Waals surface area contributed by atoms with E-state index in [1.807, 2.05) is 26.0 Å². The zero-order valence-corrected chi connectivity index (χ0v) is 20.2. The van der Waals surface area contributed by atoms with Crippen molar-refractivity contribution >= 4 is 22.0 Å². The van der Waals surface area contributed by atoms with Gasteiger partial charge in [-0.15, -0.1) is 0 Å². The number of carbonyl (C=O) groups excluding carboxylic acids is 1. The SMILES string of the molecule is C/C=C/c1ccc2c(c1)O[C@H](CN(C)C(=O)c1ccncc1)[C@@H](C)CN([C@H](C)CO)S2(=O)=O. The molecular formula is C24H31N3O5S. The van der Waals surface area contributed by atoms with Crippen molar-refractivity contribution < 1.29 is 23.1 Å². The Labute approximate surface area is 195 Å². The summed E-state index contributed by atoms with van der Waals surface area (Å²) in [5.41, 5.74) is 1.32. The van der Waals surface area contributed by atoms with Crippen LogP contribution in [0.15, 0.2) is 53.7 Å². The van der Waals surface area contributed by atoms with Crippen LogP contribution in [0.5, 0.6) is 5.75 Å². The second kappa shape index (κ2) is 10.5. The summed E-state index contributed by atoms with van der Waals surface area (Å²) >= 11 is 0. The van der Waals surface area contributed by atoms with Gasteiger partial charge in [-0.2, -0.15) is 4.31 Å². The Morgan fingerprint density at radius 3 is 2.67 bits per heavy atom. The smallest absolute Gasteiger partial charge is 0.253 e. The molecule has 0 saturated carbocycles. The summed E-state index contributed by atoms with van der Waals surface area (Å²) in [6.07, 6.45) is 6.38. The summed E-state index contributed by atoms with van der Waals surface area (Å²) in [6, 6.07) is 7.66. The number of carbonyl (C=O) groups is 1. The van der Waals surface area contributed by atoms with Crippen LogP contribution in [0.1, 0.15) is 36.7 Å². The van der Waals surface area contributed by atoms with Crippen molar-refractivity contribution in [3.63, 3.8) is 0 Å². The van der Waals surface area contributed by atoms with Crippen molar-refractivity contribution in [1.29, 1.82) is 0 Å². The van der Waals surface area contributed by atoms with Crippen molar-refractivity contribution in [2.24, 2.45) is 5.92 Å². The van der Waals surface area contributed by atoms with Crippen molar-refractivity contribution in [1.82, 2.24) is 14.2 Å². The fraction of sp³-hybridized carbons (Fsp3) is 0.417. The minimum Gasteiger partial charge on any atom is -0.487 e. The van der Waals surface area contributed by atoms with Crippen LogP contribution in [0.2, 0.25) is 0 Å². The summed E-state index contributed by atoms with van der Waals surface area (Å²) in [6.45, 7) is 5.56. The number of sulfonamides is 1. The summed E-state index contributed by atoms with van der Waals surface area (Å²) < 4.78 is 34.5. The van der Waals surface area contributed by atoms with Crippen molar-refractivity contribution in [2.45, 2.75) is 37.8 Å². The van der Waals surface area contributed by atoms with Crippen molar-refractivity contribution in [3.8, 4) is 5.75 Å². The number of ether oxygens (including phenoxy) is 1.